The number of halogens is 8. The normalized spacial score (nSPS) is 11.6. The Morgan fingerprint density at radius 3 is 1.59 bits per heavy atom. The topological polar surface area (TPSA) is 84.0 Å². The van der Waals surface area contributed by atoms with Gasteiger partial charge in [0, 0.05) is 43.0 Å². The van der Waals surface area contributed by atoms with Crippen LogP contribution in [-0.4, -0.2) is 21.5 Å². The summed E-state index contributed by atoms with van der Waals surface area (Å²) in [4.78, 5) is 32.7. The molecular formula is C42H34Br2F6N4O2. The fraction of sp³-hybridized carbons (Fsp3) is 0.143. The lowest BCUT2D eigenvalue weighted by molar-refractivity contribution is -0.138. The summed E-state index contributed by atoms with van der Waals surface area (Å²) < 4.78 is 77.1. The van der Waals surface area contributed by atoms with Crippen molar-refractivity contribution in [2.45, 2.75) is 36.7 Å². The zero-order chi connectivity index (χ0) is 39.4. The average molecular weight is 901 g/mol. The molecule has 0 aliphatic heterocycles. The first kappa shape index (κ1) is 43.4. The summed E-state index contributed by atoms with van der Waals surface area (Å²) in [6.07, 6.45) is -5.84. The molecule has 2 N–H and O–H groups in total. The van der Waals surface area contributed by atoms with Gasteiger partial charge in [0.05, 0.1) is 11.1 Å². The van der Waals surface area contributed by atoms with Crippen molar-refractivity contribution in [3.63, 3.8) is 0 Å². The molecule has 0 radical (unpaired) electrons. The summed E-state index contributed by atoms with van der Waals surface area (Å²) in [6, 6.07) is 35.2. The molecule has 2 aromatic heterocycles. The second-order valence-electron chi connectivity index (χ2n) is 12.2. The Morgan fingerprint density at radius 1 is 0.571 bits per heavy atom. The number of pyridine rings is 2. The maximum atomic E-state index is 12.9. The number of carbonyl (C=O) groups excluding carboxylic acids is 2. The van der Waals surface area contributed by atoms with Crippen LogP contribution >= 0.6 is 32.9 Å². The summed E-state index contributed by atoms with van der Waals surface area (Å²) >= 11 is 3.31. The van der Waals surface area contributed by atoms with E-state index >= 15 is 0 Å². The van der Waals surface area contributed by atoms with Crippen LogP contribution < -0.4 is 10.6 Å². The van der Waals surface area contributed by atoms with E-state index in [1.807, 2.05) is 60.7 Å². The van der Waals surface area contributed by atoms with Gasteiger partial charge in [-0.2, -0.15) is 26.3 Å². The molecule has 0 amide bonds. The molecule has 0 spiro atoms. The minimum absolute atomic E-state index is 0. The molecule has 1 unspecified atom stereocenters. The van der Waals surface area contributed by atoms with Crippen LogP contribution in [0, 0.1) is 0 Å². The molecular weight excluding hydrogens is 866 g/mol. The lowest BCUT2D eigenvalue weighted by Gasteiger charge is -2.13. The smallest absolute Gasteiger partial charge is 0.366 e. The number of hydrogen-bond acceptors (Lipinski definition) is 6. The number of nitrogens with one attached hydrogen (secondary N) is 2. The predicted octanol–water partition coefficient (Wildman–Crippen LogP) is 11.7. The quantitative estimate of drug-likeness (QED) is 0.0723. The highest BCUT2D eigenvalue weighted by molar-refractivity contribution is 9.09. The van der Waals surface area contributed by atoms with E-state index in [9.17, 15) is 35.9 Å². The van der Waals surface area contributed by atoms with E-state index in [1.165, 1.54) is 24.3 Å². The lowest BCUT2D eigenvalue weighted by atomic mass is 10.0. The number of benzene rings is 4. The molecule has 6 aromatic rings. The maximum Gasteiger partial charge on any atom is 0.416 e. The molecule has 0 aliphatic carbocycles. The molecule has 56 heavy (non-hydrogen) atoms. The Hall–Kier alpha value is -5.34. The van der Waals surface area contributed by atoms with E-state index in [-0.39, 0.29) is 40.3 Å². The van der Waals surface area contributed by atoms with Crippen molar-refractivity contribution in [2.24, 2.45) is 0 Å². The van der Waals surface area contributed by atoms with Gasteiger partial charge in [-0.15, -0.1) is 17.0 Å². The molecule has 2 heterocycles. The zero-order valence-electron chi connectivity index (χ0n) is 29.3. The molecule has 1 atom stereocenters. The van der Waals surface area contributed by atoms with Crippen LogP contribution in [0.25, 0.3) is 0 Å². The molecule has 0 aliphatic rings. The third-order valence-electron chi connectivity index (χ3n) is 8.12. The van der Waals surface area contributed by atoms with Gasteiger partial charge in [0.25, 0.3) is 0 Å². The minimum Gasteiger partial charge on any atom is -0.366 e. The van der Waals surface area contributed by atoms with Crippen molar-refractivity contribution in [3.05, 3.63) is 190 Å². The standard InChI is InChI=1S/C21H16BrF3N2O.C21H17F3N2O.BrH/c22-19(20(28)16-7-4-8-17(11-16)21(23,24)25)15-9-10-26-18(12-15)27-13-14-5-2-1-3-6-14;22-21(23,24)18-8-4-7-17(13-18)19(27)11-16-9-10-25-20(12-16)26-14-15-5-2-1-3-6-15;/h1-12,19H,13H2,(H,26,27);1-10,12-13H,11,14H2,(H,25,26);1H. The van der Waals surface area contributed by atoms with Gasteiger partial charge in [0.15, 0.2) is 11.6 Å². The first-order chi connectivity index (χ1) is 26.3. The van der Waals surface area contributed by atoms with Gasteiger partial charge in [-0.05, 0) is 70.8 Å². The van der Waals surface area contributed by atoms with Crippen LogP contribution in [0.15, 0.2) is 146 Å². The molecule has 4 aromatic carbocycles. The van der Waals surface area contributed by atoms with Gasteiger partial charge in [-0.3, -0.25) is 9.59 Å². The van der Waals surface area contributed by atoms with E-state index < -0.39 is 34.1 Å². The molecule has 290 valence electrons. The monoisotopic (exact) mass is 898 g/mol. The van der Waals surface area contributed by atoms with Crippen molar-refractivity contribution in [1.29, 1.82) is 0 Å². The minimum atomic E-state index is -4.50. The number of aromatic nitrogens is 2. The first-order valence-electron chi connectivity index (χ1n) is 16.8. The summed E-state index contributed by atoms with van der Waals surface area (Å²) in [6.45, 7) is 1.14. The van der Waals surface area contributed by atoms with Gasteiger partial charge in [-0.1, -0.05) is 101 Å². The Labute approximate surface area is 338 Å². The molecule has 6 rings (SSSR count). The third-order valence-corrected chi connectivity index (χ3v) is 9.06. The van der Waals surface area contributed by atoms with Crippen molar-refractivity contribution < 1.29 is 35.9 Å². The number of alkyl halides is 7. The molecule has 6 nitrogen and oxygen atoms in total. The van der Waals surface area contributed by atoms with Crippen molar-refractivity contribution in [3.8, 4) is 0 Å². The molecule has 0 saturated carbocycles. The fourth-order valence-corrected chi connectivity index (χ4v) is 5.81. The Balaban J connectivity index is 0.000000244. The number of ketones is 2. The van der Waals surface area contributed by atoms with Crippen molar-refractivity contribution in [1.82, 2.24) is 9.97 Å². The van der Waals surface area contributed by atoms with Crippen LogP contribution in [0.4, 0.5) is 38.0 Å². The zero-order valence-corrected chi connectivity index (χ0v) is 32.6. The van der Waals surface area contributed by atoms with Gasteiger partial charge in [0.2, 0.25) is 0 Å². The second-order valence-corrected chi connectivity index (χ2v) is 13.1. The van der Waals surface area contributed by atoms with E-state index in [0.717, 1.165) is 35.4 Å². The predicted molar refractivity (Wildman–Crippen MR) is 213 cm³/mol. The Morgan fingerprint density at radius 2 is 1.05 bits per heavy atom. The van der Waals surface area contributed by atoms with Gasteiger partial charge >= 0.3 is 12.4 Å². The van der Waals surface area contributed by atoms with Crippen LogP contribution in [0.3, 0.4) is 0 Å². The second kappa shape index (κ2) is 20.0. The summed E-state index contributed by atoms with van der Waals surface area (Å²) in [7, 11) is 0. The largest absolute Gasteiger partial charge is 0.416 e. The first-order valence-corrected chi connectivity index (χ1v) is 17.7. The number of hydrogen-bond donors (Lipinski definition) is 2. The third kappa shape index (κ3) is 12.9. The molecule has 0 saturated heterocycles. The van der Waals surface area contributed by atoms with E-state index in [1.54, 1.807) is 36.7 Å². The number of carbonyl (C=O) groups is 2. The number of rotatable bonds is 12. The number of Topliss-reactive ketones (excluding diaryl/α,β-unsaturated/α-hetero) is 2. The van der Waals surface area contributed by atoms with E-state index in [0.29, 0.717) is 35.9 Å². The summed E-state index contributed by atoms with van der Waals surface area (Å²) in [5, 5.41) is 6.34. The van der Waals surface area contributed by atoms with E-state index in [2.05, 4.69) is 36.5 Å². The van der Waals surface area contributed by atoms with Gasteiger partial charge in [0.1, 0.15) is 16.5 Å². The summed E-state index contributed by atoms with van der Waals surface area (Å²) in [5.41, 5.74) is 1.81. The van der Waals surface area contributed by atoms with Gasteiger partial charge < -0.3 is 10.6 Å². The molecule has 0 fully saturated rings. The molecule has 0 bridgehead atoms. The highest BCUT2D eigenvalue weighted by atomic mass is 79.9. The van der Waals surface area contributed by atoms with Crippen molar-refractivity contribution in [2.75, 3.05) is 10.6 Å². The van der Waals surface area contributed by atoms with Crippen LogP contribution in [0.5, 0.6) is 0 Å². The van der Waals surface area contributed by atoms with Crippen LogP contribution in [0.1, 0.15) is 58.9 Å². The van der Waals surface area contributed by atoms with Crippen LogP contribution in [-0.2, 0) is 31.9 Å². The molecule has 14 heteroatoms. The Kier molecular flexibility index (Phi) is 15.5. The van der Waals surface area contributed by atoms with E-state index in [4.69, 9.17) is 0 Å². The Bertz CT molecular complexity index is 2200. The van der Waals surface area contributed by atoms with Crippen LogP contribution in [0.2, 0.25) is 0 Å². The van der Waals surface area contributed by atoms with Crippen molar-refractivity contribution >= 4 is 56.1 Å². The average Bonchev–Trinajstić information content (AvgIpc) is 3.19. The summed E-state index contributed by atoms with van der Waals surface area (Å²) in [5.74, 6) is 0.350. The fourth-order valence-electron chi connectivity index (χ4n) is 5.26. The van der Waals surface area contributed by atoms with Gasteiger partial charge in [-0.25, -0.2) is 9.97 Å². The highest BCUT2D eigenvalue weighted by Crippen LogP contribution is 2.33. The lowest BCUT2D eigenvalue weighted by Crippen LogP contribution is -2.11. The highest BCUT2D eigenvalue weighted by Gasteiger charge is 2.32. The number of nitrogens with zero attached hydrogens (tertiary/aromatic N) is 2. The number of anilines is 2. The SMILES string of the molecule is Br.O=C(Cc1ccnc(NCc2ccccc2)c1)c1cccc(C(F)(F)F)c1.O=C(c1cccc(C(F)(F)F)c1)C(Br)c1ccnc(NCc2ccccc2)c1. The maximum absolute atomic E-state index is 12.9.